The Hall–Kier alpha value is -0.570. The zero-order chi connectivity index (χ0) is 9.45. The first-order valence-corrected chi connectivity index (χ1v) is 5.29. The van der Waals surface area contributed by atoms with Crippen molar-refractivity contribution in [1.29, 1.82) is 0 Å². The number of nitrogens with one attached hydrogen (secondary N) is 2. The van der Waals surface area contributed by atoms with E-state index in [4.69, 9.17) is 0 Å². The summed E-state index contributed by atoms with van der Waals surface area (Å²) in [5.41, 5.74) is 0. The monoisotopic (exact) mass is 190 g/mol. The van der Waals surface area contributed by atoms with Crippen LogP contribution in [0.5, 0.6) is 0 Å². The third-order valence-corrected chi connectivity index (χ3v) is 2.50. The minimum atomic E-state index is -3.13. The van der Waals surface area contributed by atoms with E-state index in [0.717, 1.165) is 0 Å². The van der Waals surface area contributed by atoms with Gasteiger partial charge >= 0.3 is 0 Å². The van der Waals surface area contributed by atoms with Crippen LogP contribution in [0.2, 0.25) is 0 Å². The maximum absolute atomic E-state index is 11.0. The van der Waals surface area contributed by atoms with Gasteiger partial charge in [-0.15, -0.1) is 5.92 Å². The third kappa shape index (κ3) is 6.16. The van der Waals surface area contributed by atoms with Crippen LogP contribution in [-0.4, -0.2) is 34.3 Å². The van der Waals surface area contributed by atoms with Gasteiger partial charge < -0.3 is 5.32 Å². The van der Waals surface area contributed by atoms with Gasteiger partial charge in [-0.25, -0.2) is 13.1 Å². The van der Waals surface area contributed by atoms with Gasteiger partial charge in [0.2, 0.25) is 10.0 Å². The smallest absolute Gasteiger partial charge is 0.213 e. The van der Waals surface area contributed by atoms with Gasteiger partial charge in [-0.1, -0.05) is 5.92 Å². The van der Waals surface area contributed by atoms with Crippen LogP contribution in [0.25, 0.3) is 0 Å². The Bertz CT molecular complexity index is 261. The van der Waals surface area contributed by atoms with E-state index >= 15 is 0 Å². The Balaban J connectivity index is 3.77. The number of sulfonamides is 1. The van der Waals surface area contributed by atoms with Crippen molar-refractivity contribution in [3.63, 3.8) is 0 Å². The maximum Gasteiger partial charge on any atom is 0.213 e. The minimum absolute atomic E-state index is 0.0922. The average molecular weight is 190 g/mol. The highest BCUT2D eigenvalue weighted by Gasteiger charge is 2.06. The van der Waals surface area contributed by atoms with Crippen LogP contribution in [0.4, 0.5) is 0 Å². The molecule has 0 aliphatic rings. The fourth-order valence-corrected chi connectivity index (χ4v) is 1.45. The van der Waals surface area contributed by atoms with E-state index in [-0.39, 0.29) is 12.3 Å². The molecule has 0 bridgehead atoms. The molecule has 0 aliphatic carbocycles. The molecule has 0 spiro atoms. The van der Waals surface area contributed by atoms with Gasteiger partial charge in [0.25, 0.3) is 0 Å². The van der Waals surface area contributed by atoms with Crippen LogP contribution < -0.4 is 10.0 Å². The number of rotatable bonds is 5. The Kier molecular flexibility index (Phi) is 5.72. The summed E-state index contributed by atoms with van der Waals surface area (Å²) in [4.78, 5) is 0. The van der Waals surface area contributed by atoms with E-state index in [1.54, 1.807) is 14.0 Å². The molecular weight excluding hydrogens is 176 g/mol. The molecule has 0 rings (SSSR count). The zero-order valence-corrected chi connectivity index (χ0v) is 8.16. The van der Waals surface area contributed by atoms with E-state index in [2.05, 4.69) is 21.9 Å². The zero-order valence-electron chi connectivity index (χ0n) is 7.35. The predicted molar refractivity (Wildman–Crippen MR) is 49.2 cm³/mol. The normalized spacial score (nSPS) is 10.5. The van der Waals surface area contributed by atoms with Gasteiger partial charge in [-0.2, -0.15) is 0 Å². The van der Waals surface area contributed by atoms with Crippen molar-refractivity contribution in [3.05, 3.63) is 0 Å². The lowest BCUT2D eigenvalue weighted by molar-refractivity contribution is 0.583. The molecule has 0 aromatic heterocycles. The standard InChI is InChI=1S/C7H14N2O2S/c1-3-4-5-9-12(10,11)7-6-8-2/h8-9H,5-7H2,1-2H3. The van der Waals surface area contributed by atoms with Crippen LogP contribution >= 0.6 is 0 Å². The molecule has 0 aliphatic heterocycles. The van der Waals surface area contributed by atoms with E-state index in [0.29, 0.717) is 6.54 Å². The Labute approximate surface area is 73.8 Å². The van der Waals surface area contributed by atoms with Crippen LogP contribution in [0.3, 0.4) is 0 Å². The number of hydrogen-bond donors (Lipinski definition) is 2. The molecule has 0 radical (unpaired) electrons. The topological polar surface area (TPSA) is 58.2 Å². The first kappa shape index (κ1) is 11.4. The quantitative estimate of drug-likeness (QED) is 0.555. The average Bonchev–Trinajstić information content (AvgIpc) is 2.01. The molecule has 70 valence electrons. The van der Waals surface area contributed by atoms with Gasteiger partial charge in [-0.3, -0.25) is 0 Å². The van der Waals surface area contributed by atoms with Crippen molar-refractivity contribution in [2.24, 2.45) is 0 Å². The molecule has 0 heterocycles. The third-order valence-electron chi connectivity index (χ3n) is 1.18. The molecule has 5 heteroatoms. The van der Waals surface area contributed by atoms with Gasteiger partial charge in [-0.05, 0) is 14.0 Å². The molecule has 0 amide bonds. The summed E-state index contributed by atoms with van der Waals surface area (Å²) < 4.78 is 24.4. The molecule has 2 N–H and O–H groups in total. The molecule has 0 saturated heterocycles. The SMILES string of the molecule is CC#CCNS(=O)(=O)CCNC. The molecular formula is C7H14N2O2S. The highest BCUT2D eigenvalue weighted by molar-refractivity contribution is 7.89. The fourth-order valence-electron chi connectivity index (χ4n) is 0.543. The Morgan fingerprint density at radius 2 is 2.08 bits per heavy atom. The summed E-state index contributed by atoms with van der Waals surface area (Å²) in [5.74, 6) is 5.32. The highest BCUT2D eigenvalue weighted by Crippen LogP contribution is 1.80. The molecule has 0 saturated carbocycles. The largest absolute Gasteiger partial charge is 0.319 e. The van der Waals surface area contributed by atoms with Gasteiger partial charge in [0.05, 0.1) is 12.3 Å². The van der Waals surface area contributed by atoms with Crippen molar-refractivity contribution >= 4 is 10.0 Å². The van der Waals surface area contributed by atoms with Crippen LogP contribution in [0, 0.1) is 11.8 Å². The van der Waals surface area contributed by atoms with E-state index in [1.165, 1.54) is 0 Å². The second-order valence-electron chi connectivity index (χ2n) is 2.17. The van der Waals surface area contributed by atoms with Crippen LogP contribution in [0.1, 0.15) is 6.92 Å². The number of hydrogen-bond acceptors (Lipinski definition) is 3. The molecule has 0 fully saturated rings. The van der Waals surface area contributed by atoms with Crippen molar-refractivity contribution < 1.29 is 8.42 Å². The lowest BCUT2D eigenvalue weighted by atomic mass is 10.6. The first-order chi connectivity index (χ1) is 5.62. The first-order valence-electron chi connectivity index (χ1n) is 3.64. The summed E-state index contributed by atoms with van der Waals surface area (Å²) in [6, 6.07) is 0. The fraction of sp³-hybridized carbons (Fsp3) is 0.714. The highest BCUT2D eigenvalue weighted by atomic mass is 32.2. The molecule has 0 aromatic carbocycles. The van der Waals surface area contributed by atoms with Crippen molar-refractivity contribution in [3.8, 4) is 11.8 Å². The summed E-state index contributed by atoms with van der Waals surface area (Å²) >= 11 is 0. The van der Waals surface area contributed by atoms with Crippen LogP contribution in [-0.2, 0) is 10.0 Å². The summed E-state index contributed by atoms with van der Waals surface area (Å²) in [7, 11) is -1.42. The predicted octanol–water partition coefficient (Wildman–Crippen LogP) is -0.851. The van der Waals surface area contributed by atoms with E-state index < -0.39 is 10.0 Å². The molecule has 0 aromatic rings. The van der Waals surface area contributed by atoms with E-state index in [9.17, 15) is 8.42 Å². The summed E-state index contributed by atoms with van der Waals surface area (Å²) in [5, 5.41) is 2.76. The lowest BCUT2D eigenvalue weighted by Gasteiger charge is -2.01. The molecule has 12 heavy (non-hydrogen) atoms. The van der Waals surface area contributed by atoms with Gasteiger partial charge in [0.15, 0.2) is 0 Å². The lowest BCUT2D eigenvalue weighted by Crippen LogP contribution is -2.31. The maximum atomic E-state index is 11.0. The molecule has 0 unspecified atom stereocenters. The van der Waals surface area contributed by atoms with Gasteiger partial charge in [0.1, 0.15) is 0 Å². The van der Waals surface area contributed by atoms with E-state index in [1.807, 2.05) is 0 Å². The minimum Gasteiger partial charge on any atom is -0.319 e. The Morgan fingerprint density at radius 3 is 2.58 bits per heavy atom. The van der Waals surface area contributed by atoms with Crippen molar-refractivity contribution in [2.45, 2.75) is 6.92 Å². The molecule has 0 atom stereocenters. The van der Waals surface area contributed by atoms with Crippen LogP contribution in [0.15, 0.2) is 0 Å². The second-order valence-corrected chi connectivity index (χ2v) is 4.10. The van der Waals surface area contributed by atoms with Gasteiger partial charge in [0, 0.05) is 6.54 Å². The summed E-state index contributed by atoms with van der Waals surface area (Å²) in [6.45, 7) is 2.32. The van der Waals surface area contributed by atoms with Crippen molar-refractivity contribution in [1.82, 2.24) is 10.0 Å². The summed E-state index contributed by atoms with van der Waals surface area (Å²) in [6.07, 6.45) is 0. The molecule has 4 nitrogen and oxygen atoms in total. The Morgan fingerprint density at radius 1 is 1.42 bits per heavy atom. The van der Waals surface area contributed by atoms with Crippen molar-refractivity contribution in [2.75, 3.05) is 25.9 Å². The second kappa shape index (κ2) is 6.00.